The van der Waals surface area contributed by atoms with E-state index in [4.69, 9.17) is 16.7 Å². The van der Waals surface area contributed by atoms with Crippen molar-refractivity contribution in [3.8, 4) is 0 Å². The number of hydrogen-bond donors (Lipinski definition) is 2. The molecule has 0 saturated carbocycles. The molecule has 1 aromatic rings. The van der Waals surface area contributed by atoms with Gasteiger partial charge in [-0.3, -0.25) is 4.79 Å². The first-order valence-electron chi connectivity index (χ1n) is 5.84. The predicted octanol–water partition coefficient (Wildman–Crippen LogP) is 2.71. The van der Waals surface area contributed by atoms with Crippen molar-refractivity contribution in [1.82, 2.24) is 5.32 Å². The Labute approximate surface area is 111 Å². The highest BCUT2D eigenvalue weighted by Crippen LogP contribution is 2.15. The fraction of sp³-hybridized carbons (Fsp3) is 0.385. The van der Waals surface area contributed by atoms with Crippen LogP contribution in [0.3, 0.4) is 0 Å². The fourth-order valence-corrected chi connectivity index (χ4v) is 1.77. The molecule has 0 heterocycles. The Hall–Kier alpha value is -1.55. The normalized spacial score (nSPS) is 11.9. The molecule has 1 atom stereocenters. The van der Waals surface area contributed by atoms with Crippen LogP contribution in [0.2, 0.25) is 5.02 Å². The molecule has 1 amide bonds. The highest BCUT2D eigenvalue weighted by atomic mass is 35.5. The van der Waals surface area contributed by atoms with Crippen LogP contribution < -0.4 is 5.32 Å². The molecule has 5 heteroatoms. The van der Waals surface area contributed by atoms with Gasteiger partial charge in [-0.15, -0.1) is 0 Å². The third-order valence-electron chi connectivity index (χ3n) is 2.57. The van der Waals surface area contributed by atoms with Crippen LogP contribution in [0.1, 0.15) is 36.5 Å². The third-order valence-corrected chi connectivity index (χ3v) is 2.90. The maximum absolute atomic E-state index is 11.9. The van der Waals surface area contributed by atoms with Gasteiger partial charge in [0.05, 0.1) is 10.6 Å². The summed E-state index contributed by atoms with van der Waals surface area (Å²) in [4.78, 5) is 22.9. The van der Waals surface area contributed by atoms with Crippen LogP contribution in [0.15, 0.2) is 24.3 Å². The van der Waals surface area contributed by atoms with E-state index in [-0.39, 0.29) is 0 Å². The summed E-state index contributed by atoms with van der Waals surface area (Å²) in [5.74, 6) is -1.48. The van der Waals surface area contributed by atoms with Crippen molar-refractivity contribution in [3.05, 3.63) is 34.9 Å². The van der Waals surface area contributed by atoms with Crippen molar-refractivity contribution in [2.24, 2.45) is 0 Å². The number of rotatable bonds is 6. The summed E-state index contributed by atoms with van der Waals surface area (Å²) in [6, 6.07) is 5.69. The molecule has 0 unspecified atom stereocenters. The average Bonchev–Trinajstić information content (AvgIpc) is 2.34. The highest BCUT2D eigenvalue weighted by molar-refractivity contribution is 6.33. The van der Waals surface area contributed by atoms with E-state index in [1.54, 1.807) is 24.3 Å². The van der Waals surface area contributed by atoms with Crippen molar-refractivity contribution < 1.29 is 14.7 Å². The number of carboxylic acid groups (broad SMARTS) is 1. The molecule has 0 aliphatic rings. The largest absolute Gasteiger partial charge is 0.480 e. The van der Waals surface area contributed by atoms with E-state index >= 15 is 0 Å². The molecule has 0 aromatic heterocycles. The van der Waals surface area contributed by atoms with E-state index < -0.39 is 17.9 Å². The summed E-state index contributed by atoms with van der Waals surface area (Å²) < 4.78 is 0. The zero-order valence-corrected chi connectivity index (χ0v) is 10.9. The zero-order valence-electron chi connectivity index (χ0n) is 10.1. The minimum atomic E-state index is -1.02. The average molecular weight is 270 g/mol. The van der Waals surface area contributed by atoms with Gasteiger partial charge in [-0.05, 0) is 18.6 Å². The summed E-state index contributed by atoms with van der Waals surface area (Å²) in [5.41, 5.74) is 0.293. The zero-order chi connectivity index (χ0) is 13.5. The predicted molar refractivity (Wildman–Crippen MR) is 69.9 cm³/mol. The Bertz CT molecular complexity index is 434. The minimum absolute atomic E-state index is 0.293. The summed E-state index contributed by atoms with van der Waals surface area (Å²) in [7, 11) is 0. The minimum Gasteiger partial charge on any atom is -0.480 e. The Balaban J connectivity index is 2.72. The summed E-state index contributed by atoms with van der Waals surface area (Å²) >= 11 is 5.88. The Morgan fingerprint density at radius 2 is 2.06 bits per heavy atom. The highest BCUT2D eigenvalue weighted by Gasteiger charge is 2.20. The molecule has 0 spiro atoms. The van der Waals surface area contributed by atoms with Crippen LogP contribution >= 0.6 is 11.6 Å². The van der Waals surface area contributed by atoms with Crippen molar-refractivity contribution >= 4 is 23.5 Å². The number of unbranched alkanes of at least 4 members (excludes halogenated alkanes) is 1. The van der Waals surface area contributed by atoms with E-state index in [0.717, 1.165) is 12.8 Å². The molecule has 1 rings (SSSR count). The number of halogens is 1. The Morgan fingerprint density at radius 3 is 2.61 bits per heavy atom. The first-order chi connectivity index (χ1) is 8.56. The third kappa shape index (κ3) is 4.04. The molecule has 0 aliphatic heterocycles. The van der Waals surface area contributed by atoms with E-state index in [2.05, 4.69) is 5.32 Å². The van der Waals surface area contributed by atoms with Crippen molar-refractivity contribution in [2.75, 3.05) is 0 Å². The van der Waals surface area contributed by atoms with Crippen LogP contribution in [0, 0.1) is 0 Å². The molecule has 0 aliphatic carbocycles. The molecule has 2 N–H and O–H groups in total. The summed E-state index contributed by atoms with van der Waals surface area (Å²) in [5, 5.41) is 11.8. The molecule has 0 radical (unpaired) electrons. The van der Waals surface area contributed by atoms with Gasteiger partial charge in [-0.25, -0.2) is 4.79 Å². The second kappa shape index (κ2) is 7.01. The van der Waals surface area contributed by atoms with Gasteiger partial charge in [0.2, 0.25) is 0 Å². The first kappa shape index (κ1) is 14.5. The number of hydrogen-bond acceptors (Lipinski definition) is 2. The number of nitrogens with one attached hydrogen (secondary N) is 1. The van der Waals surface area contributed by atoms with Gasteiger partial charge in [0, 0.05) is 0 Å². The maximum atomic E-state index is 11.9. The van der Waals surface area contributed by atoms with Gasteiger partial charge in [-0.1, -0.05) is 43.5 Å². The first-order valence-corrected chi connectivity index (χ1v) is 6.22. The lowest BCUT2D eigenvalue weighted by molar-refractivity contribution is -0.139. The van der Waals surface area contributed by atoms with Gasteiger partial charge in [-0.2, -0.15) is 0 Å². The standard InChI is InChI=1S/C13H16ClNO3/c1-2-3-8-11(13(17)18)15-12(16)9-6-4-5-7-10(9)14/h4-7,11H,2-3,8H2,1H3,(H,15,16)(H,17,18)/t11-/m1/s1. The molecule has 1 aromatic carbocycles. The van der Waals surface area contributed by atoms with Gasteiger partial charge >= 0.3 is 5.97 Å². The quantitative estimate of drug-likeness (QED) is 0.834. The monoisotopic (exact) mass is 269 g/mol. The molecule has 0 fully saturated rings. The van der Waals surface area contributed by atoms with Gasteiger partial charge in [0.25, 0.3) is 5.91 Å². The van der Waals surface area contributed by atoms with Crippen LogP contribution in [0.4, 0.5) is 0 Å². The van der Waals surface area contributed by atoms with E-state index in [9.17, 15) is 9.59 Å². The smallest absolute Gasteiger partial charge is 0.326 e. The molecular weight excluding hydrogens is 254 g/mol. The molecule has 0 bridgehead atoms. The molecule has 0 saturated heterocycles. The molecule has 18 heavy (non-hydrogen) atoms. The summed E-state index contributed by atoms with van der Waals surface area (Å²) in [6.07, 6.45) is 2.05. The number of carbonyl (C=O) groups excluding carboxylic acids is 1. The number of amides is 1. The lowest BCUT2D eigenvalue weighted by Gasteiger charge is -2.14. The van der Waals surface area contributed by atoms with Crippen LogP contribution in [0.25, 0.3) is 0 Å². The molecule has 98 valence electrons. The topological polar surface area (TPSA) is 66.4 Å². The molecular formula is C13H16ClNO3. The fourth-order valence-electron chi connectivity index (χ4n) is 1.55. The Kier molecular flexibility index (Phi) is 5.65. The van der Waals surface area contributed by atoms with E-state index in [0.29, 0.717) is 17.0 Å². The number of aliphatic carboxylic acids is 1. The lowest BCUT2D eigenvalue weighted by Crippen LogP contribution is -2.40. The van der Waals surface area contributed by atoms with E-state index in [1.165, 1.54) is 0 Å². The van der Waals surface area contributed by atoms with Crippen molar-refractivity contribution in [2.45, 2.75) is 32.2 Å². The van der Waals surface area contributed by atoms with Gasteiger partial charge in [0.15, 0.2) is 0 Å². The summed E-state index contributed by atoms with van der Waals surface area (Å²) in [6.45, 7) is 1.97. The second-order valence-corrected chi connectivity index (χ2v) is 4.39. The van der Waals surface area contributed by atoms with Crippen molar-refractivity contribution in [3.63, 3.8) is 0 Å². The van der Waals surface area contributed by atoms with Crippen molar-refractivity contribution in [1.29, 1.82) is 0 Å². The van der Waals surface area contributed by atoms with Crippen LogP contribution in [0.5, 0.6) is 0 Å². The second-order valence-electron chi connectivity index (χ2n) is 3.99. The number of benzene rings is 1. The SMILES string of the molecule is CCCC[C@@H](NC(=O)c1ccccc1Cl)C(=O)O. The maximum Gasteiger partial charge on any atom is 0.326 e. The van der Waals surface area contributed by atoms with Gasteiger partial charge < -0.3 is 10.4 Å². The lowest BCUT2D eigenvalue weighted by atomic mass is 10.1. The number of carboxylic acids is 1. The van der Waals surface area contributed by atoms with Crippen LogP contribution in [-0.4, -0.2) is 23.0 Å². The van der Waals surface area contributed by atoms with E-state index in [1.807, 2.05) is 6.92 Å². The molecule has 4 nitrogen and oxygen atoms in total. The number of carbonyl (C=O) groups is 2. The Morgan fingerprint density at radius 1 is 1.39 bits per heavy atom. The van der Waals surface area contributed by atoms with Crippen LogP contribution in [-0.2, 0) is 4.79 Å². The van der Waals surface area contributed by atoms with Gasteiger partial charge in [0.1, 0.15) is 6.04 Å².